The topological polar surface area (TPSA) is 108 Å². The third-order valence-corrected chi connectivity index (χ3v) is 19.0. The first kappa shape index (κ1) is 90.4. The Morgan fingerprint density at radius 2 is 0.667 bits per heavy atom. The van der Waals surface area contributed by atoms with Gasteiger partial charge in [-0.3, -0.25) is 9.36 Å². The molecule has 0 saturated heterocycles. The number of phosphoric acid groups is 1. The van der Waals surface area contributed by atoms with Gasteiger partial charge in [0.2, 0.25) is 5.91 Å². The summed E-state index contributed by atoms with van der Waals surface area (Å²) in [6.07, 6.45) is 107. The van der Waals surface area contributed by atoms with Crippen LogP contribution < -0.4 is 10.2 Å². The van der Waals surface area contributed by atoms with Gasteiger partial charge in [-0.1, -0.05) is 387 Å². The fourth-order valence-corrected chi connectivity index (χ4v) is 12.6. The Morgan fingerprint density at radius 3 is 1.00 bits per heavy atom. The van der Waals surface area contributed by atoms with Crippen molar-refractivity contribution >= 4 is 13.7 Å². The highest BCUT2D eigenvalue weighted by molar-refractivity contribution is 7.45. The number of phosphoric ester groups is 1. The van der Waals surface area contributed by atoms with Crippen LogP contribution in [0.5, 0.6) is 0 Å². The molecule has 9 heteroatoms. The molecule has 1 amide bonds. The second-order valence-electron chi connectivity index (χ2n) is 28.4. The second-order valence-corrected chi connectivity index (χ2v) is 29.8. The molecule has 0 aliphatic carbocycles. The number of allylic oxidation sites excluding steroid dienone is 15. The van der Waals surface area contributed by atoms with Gasteiger partial charge in [-0.2, -0.15) is 0 Å². The summed E-state index contributed by atoms with van der Waals surface area (Å²) in [6.45, 7) is 4.56. The SMILES string of the molecule is CC/C=C\C/C=C\C/C=C\C/C=C\C/C=C\C/C=C\CCCCCCCCCCCCCCCCCCCCCCC(=O)NC(COP(=O)([O-])OCC[N+](C)(C)C)C(O)/C=C/CC/C=C/CCCCCCCCCCCCCCCCCCCCCCCCCCCC. The third kappa shape index (κ3) is 76.7. The summed E-state index contributed by atoms with van der Waals surface area (Å²) in [4.78, 5) is 25.7. The van der Waals surface area contributed by atoms with Gasteiger partial charge in [0, 0.05) is 6.42 Å². The molecule has 0 fully saturated rings. The highest BCUT2D eigenvalue weighted by Gasteiger charge is 2.23. The summed E-state index contributed by atoms with van der Waals surface area (Å²) in [5.74, 6) is -0.202. The molecule has 0 aliphatic heterocycles. The Morgan fingerprint density at radius 1 is 0.387 bits per heavy atom. The fraction of sp³-hybridized carbons (Fsp3) is 0.798. The van der Waals surface area contributed by atoms with Crippen LogP contribution >= 0.6 is 7.82 Å². The van der Waals surface area contributed by atoms with Crippen LogP contribution in [0.15, 0.2) is 97.2 Å². The van der Waals surface area contributed by atoms with E-state index >= 15 is 0 Å². The highest BCUT2D eigenvalue weighted by Crippen LogP contribution is 2.38. The van der Waals surface area contributed by atoms with Crippen molar-refractivity contribution in [3.05, 3.63) is 97.2 Å². The number of unbranched alkanes of at least 4 members (excludes halogenated alkanes) is 47. The van der Waals surface area contributed by atoms with E-state index in [1.54, 1.807) is 6.08 Å². The molecule has 0 aliphatic rings. The summed E-state index contributed by atoms with van der Waals surface area (Å²) in [6, 6.07) is -0.909. The molecular weight excluding hydrogens is 1160 g/mol. The van der Waals surface area contributed by atoms with E-state index in [0.717, 1.165) is 77.0 Å². The summed E-state index contributed by atoms with van der Waals surface area (Å²) in [5.41, 5.74) is 0. The van der Waals surface area contributed by atoms with E-state index in [2.05, 4.69) is 104 Å². The summed E-state index contributed by atoms with van der Waals surface area (Å²) >= 11 is 0. The minimum absolute atomic E-state index is 0.00737. The second kappa shape index (κ2) is 73.7. The fourth-order valence-electron chi connectivity index (χ4n) is 11.9. The molecule has 8 nitrogen and oxygen atoms in total. The first-order valence-corrected chi connectivity index (χ1v) is 41.6. The van der Waals surface area contributed by atoms with Crippen molar-refractivity contribution in [2.75, 3.05) is 40.9 Å². The number of amides is 1. The van der Waals surface area contributed by atoms with Crippen LogP contribution in [0.4, 0.5) is 0 Å². The molecule has 0 spiro atoms. The molecule has 0 aromatic rings. The Kier molecular flexibility index (Phi) is 71.6. The van der Waals surface area contributed by atoms with Gasteiger partial charge in [-0.25, -0.2) is 0 Å². The van der Waals surface area contributed by atoms with Crippen LogP contribution in [-0.2, 0) is 18.4 Å². The predicted octanol–water partition coefficient (Wildman–Crippen LogP) is 25.8. The first-order valence-electron chi connectivity index (χ1n) is 40.1. The molecule has 0 saturated carbocycles. The predicted molar refractivity (Wildman–Crippen MR) is 408 cm³/mol. The summed E-state index contributed by atoms with van der Waals surface area (Å²) in [5, 5.41) is 14.0. The number of nitrogens with one attached hydrogen (secondary N) is 1. The van der Waals surface area contributed by atoms with E-state index in [-0.39, 0.29) is 12.5 Å². The largest absolute Gasteiger partial charge is 0.756 e. The number of quaternary nitrogens is 1. The zero-order chi connectivity index (χ0) is 67.6. The van der Waals surface area contributed by atoms with Gasteiger partial charge in [0.05, 0.1) is 39.9 Å². The van der Waals surface area contributed by atoms with Crippen molar-refractivity contribution in [1.29, 1.82) is 0 Å². The normalized spacial score (nSPS) is 14.0. The van der Waals surface area contributed by atoms with E-state index in [0.29, 0.717) is 17.4 Å². The zero-order valence-electron chi connectivity index (χ0n) is 62.2. The number of hydrogen-bond acceptors (Lipinski definition) is 6. The van der Waals surface area contributed by atoms with E-state index in [9.17, 15) is 19.4 Å². The van der Waals surface area contributed by atoms with E-state index in [1.165, 1.54) is 283 Å². The van der Waals surface area contributed by atoms with Gasteiger partial charge in [-0.15, -0.1) is 0 Å². The van der Waals surface area contributed by atoms with E-state index < -0.39 is 26.6 Å². The lowest BCUT2D eigenvalue weighted by Crippen LogP contribution is -2.45. The minimum Gasteiger partial charge on any atom is -0.756 e. The third-order valence-electron chi connectivity index (χ3n) is 18.0. The average molecular weight is 1320 g/mol. The van der Waals surface area contributed by atoms with Crippen LogP contribution in [-0.4, -0.2) is 68.5 Å². The number of hydrogen-bond donors (Lipinski definition) is 2. The van der Waals surface area contributed by atoms with E-state index in [4.69, 9.17) is 9.05 Å². The maximum Gasteiger partial charge on any atom is 0.268 e. The number of likely N-dealkylation sites (N-methyl/N-ethyl adjacent to an activating group) is 1. The molecule has 3 atom stereocenters. The Labute approximate surface area is 579 Å². The van der Waals surface area contributed by atoms with Crippen LogP contribution in [0.3, 0.4) is 0 Å². The molecule has 0 heterocycles. The lowest BCUT2D eigenvalue weighted by Gasteiger charge is -2.29. The highest BCUT2D eigenvalue weighted by atomic mass is 31.2. The Balaban J connectivity index is 4.00. The molecule has 93 heavy (non-hydrogen) atoms. The van der Waals surface area contributed by atoms with Gasteiger partial charge in [0.1, 0.15) is 13.2 Å². The monoisotopic (exact) mass is 1320 g/mol. The Bertz CT molecular complexity index is 1840. The molecule has 542 valence electrons. The van der Waals surface area contributed by atoms with Crippen molar-refractivity contribution in [2.45, 2.75) is 392 Å². The van der Waals surface area contributed by atoms with Crippen molar-refractivity contribution in [3.8, 4) is 0 Å². The lowest BCUT2D eigenvalue weighted by molar-refractivity contribution is -0.870. The van der Waals surface area contributed by atoms with Gasteiger partial charge in [-0.05, 0) is 83.5 Å². The number of carbonyl (C=O) groups is 1. The molecule has 2 N–H and O–H groups in total. The summed E-state index contributed by atoms with van der Waals surface area (Å²) in [7, 11) is 1.25. The van der Waals surface area contributed by atoms with Gasteiger partial charge in [0.15, 0.2) is 0 Å². The van der Waals surface area contributed by atoms with Crippen molar-refractivity contribution in [2.24, 2.45) is 0 Å². The minimum atomic E-state index is -4.62. The summed E-state index contributed by atoms with van der Waals surface area (Å²) < 4.78 is 23.5. The van der Waals surface area contributed by atoms with Gasteiger partial charge < -0.3 is 28.8 Å². The first-order chi connectivity index (χ1) is 45.5. The smallest absolute Gasteiger partial charge is 0.268 e. The number of aliphatic hydroxyl groups is 1. The van der Waals surface area contributed by atoms with Gasteiger partial charge in [0.25, 0.3) is 7.82 Å². The molecule has 3 unspecified atom stereocenters. The molecule has 0 rings (SSSR count). The Hall–Kier alpha value is -2.58. The molecule has 0 radical (unpaired) electrons. The standard InChI is InChI=1S/C84H155N2O6P/c1-6-8-10-12-14-16-18-20-22-24-26-28-30-32-34-36-38-40-41-42-43-44-45-46-48-50-52-54-56-58-60-62-64-66-68-70-72-74-76-78-84(88)85-82(81-92-93(89,90)91-80-79-86(3,4)5)83(87)77-75-73-71-69-67-65-63-61-59-57-55-53-51-49-47-39-37-35-33-31-29-27-25-23-21-19-17-15-13-11-9-7-2/h8,10,14,16,20,22,26,28,32,34,38,40,67,69,75,77,82-83,87H,6-7,9,11-13,15,17-19,21,23-25,27,29-31,33,35-37,39,41-66,68,70-74,76,78-81H2,1-5H3,(H-,85,88,89,90)/b10-8-,16-14-,22-20-,28-26-,34-32-,40-38-,69-67+,77-75+. The zero-order valence-corrected chi connectivity index (χ0v) is 63.1. The molecule has 0 bridgehead atoms. The molecule has 0 aromatic carbocycles. The van der Waals surface area contributed by atoms with Crippen LogP contribution in [0, 0.1) is 0 Å². The van der Waals surface area contributed by atoms with Gasteiger partial charge >= 0.3 is 0 Å². The number of carbonyl (C=O) groups excluding carboxylic acids is 1. The van der Waals surface area contributed by atoms with Crippen LogP contribution in [0.2, 0.25) is 0 Å². The number of rotatable bonds is 74. The van der Waals surface area contributed by atoms with Crippen LogP contribution in [0.25, 0.3) is 0 Å². The number of aliphatic hydroxyl groups excluding tert-OH is 1. The van der Waals surface area contributed by atoms with E-state index in [1.807, 2.05) is 27.2 Å². The quantitative estimate of drug-likeness (QED) is 0.0272. The number of nitrogens with zero attached hydrogens (tertiary/aromatic N) is 1. The molecular formula is C84H155N2O6P. The average Bonchev–Trinajstić information content (AvgIpc) is 1.94. The van der Waals surface area contributed by atoms with Crippen LogP contribution in [0.1, 0.15) is 380 Å². The lowest BCUT2D eigenvalue weighted by atomic mass is 10.0. The maximum atomic E-state index is 13.1. The molecule has 0 aromatic heterocycles. The maximum absolute atomic E-state index is 13.1. The van der Waals surface area contributed by atoms with Crippen molar-refractivity contribution < 1.29 is 32.9 Å². The van der Waals surface area contributed by atoms with Crippen molar-refractivity contribution in [3.63, 3.8) is 0 Å². The van der Waals surface area contributed by atoms with Crippen molar-refractivity contribution in [1.82, 2.24) is 5.32 Å².